The van der Waals surface area contributed by atoms with Crippen molar-refractivity contribution in [3.63, 3.8) is 0 Å². The molecule has 1 aromatic heterocycles. The van der Waals surface area contributed by atoms with Crippen LogP contribution in [0.15, 0.2) is 103 Å². The zero-order valence-electron chi connectivity index (χ0n) is 84.0. The Hall–Kier alpha value is -12.0. The van der Waals surface area contributed by atoms with Crippen LogP contribution in [0.5, 0.6) is 11.5 Å². The van der Waals surface area contributed by atoms with Crippen LogP contribution in [0.2, 0.25) is 10.0 Å². The van der Waals surface area contributed by atoms with Gasteiger partial charge in [-0.2, -0.15) is 0 Å². The minimum Gasteiger partial charge on any atom is -0.496 e. The van der Waals surface area contributed by atoms with Crippen LogP contribution >= 0.6 is 23.2 Å². The molecule has 19 heteroatoms. The van der Waals surface area contributed by atoms with Gasteiger partial charge in [-0.25, -0.2) is 0 Å². The predicted octanol–water partition coefficient (Wildman–Crippen LogP) is 21.9. The normalized spacial score (nSPS) is 24.8. The average Bonchev–Trinajstić information content (AvgIpc) is 1.73. The molecule has 0 radical (unpaired) electrons. The minimum absolute atomic E-state index is 0.00623. The predicted molar refractivity (Wildman–Crippen MR) is 547 cm³/mol. The molecular weight excluding hydrogens is 1810 g/mol. The van der Waals surface area contributed by atoms with Crippen LogP contribution in [-0.4, -0.2) is 115 Å². The highest BCUT2D eigenvalue weighted by Gasteiger charge is 2.52. The van der Waals surface area contributed by atoms with Crippen LogP contribution < -0.4 is 9.47 Å². The number of Topliss-reactive ketones (excluding diaryl/α,β-unsaturated/α-hetero) is 12. The van der Waals surface area contributed by atoms with Gasteiger partial charge in [0, 0.05) is 173 Å². The van der Waals surface area contributed by atoms with Crippen molar-refractivity contribution in [2.45, 2.75) is 266 Å². The second-order valence-corrected chi connectivity index (χ2v) is 40.8. The number of benzene rings is 6. The Kier molecular flexibility index (Phi) is 36.7. The maximum atomic E-state index is 12.9. The first kappa shape index (κ1) is 106. The van der Waals surface area contributed by atoms with Gasteiger partial charge < -0.3 is 18.9 Å². The molecule has 0 spiro atoms. The van der Waals surface area contributed by atoms with Crippen molar-refractivity contribution in [2.24, 2.45) is 59.2 Å². The van der Waals surface area contributed by atoms with E-state index in [0.29, 0.717) is 95.0 Å². The van der Waals surface area contributed by atoms with E-state index in [1.54, 1.807) is 65.3 Å². The monoisotopic (exact) mass is 1930 g/mol. The number of fused-ring (bicyclic) bond motifs is 6. The average molecular weight is 1940 g/mol. The van der Waals surface area contributed by atoms with Crippen molar-refractivity contribution >= 4 is 92.6 Å². The number of carbonyl (C=O) groups excluding carboxylic acids is 12. The number of nitrogens with zero attached hydrogens (tertiary/aromatic N) is 1. The molecule has 6 unspecified atom stereocenters. The summed E-state index contributed by atoms with van der Waals surface area (Å²) >= 11 is 12.6. The van der Waals surface area contributed by atoms with Gasteiger partial charge in [-0.05, 0) is 356 Å². The number of aromatic nitrogens is 1. The van der Waals surface area contributed by atoms with Gasteiger partial charge in [-0.3, -0.25) is 62.5 Å². The fourth-order valence-electron chi connectivity index (χ4n) is 24.0. The minimum atomic E-state index is -0.780. The fraction of sp³-hybridized carbons (Fsp3) is 0.467. The largest absolute Gasteiger partial charge is 0.496 e. The molecule has 18 rings (SSSR count). The number of hydrogen-bond donors (Lipinski definition) is 0. The molecule has 732 valence electrons. The van der Waals surface area contributed by atoms with Gasteiger partial charge in [-0.1, -0.05) is 70.9 Å². The molecule has 9 aliphatic carbocycles. The number of rotatable bonds is 13. The van der Waals surface area contributed by atoms with Crippen LogP contribution in [0.25, 0.3) is 0 Å². The first-order valence-electron chi connectivity index (χ1n) is 49.9. The van der Waals surface area contributed by atoms with E-state index in [9.17, 15) is 57.5 Å². The quantitative estimate of drug-likeness (QED) is 0.0768. The summed E-state index contributed by atoms with van der Waals surface area (Å²) in [6.45, 7) is 27.7. The highest BCUT2D eigenvalue weighted by atomic mass is 35.5. The van der Waals surface area contributed by atoms with Gasteiger partial charge in [0.05, 0.1) is 14.2 Å². The molecule has 3 heterocycles. The summed E-state index contributed by atoms with van der Waals surface area (Å²) in [5.74, 6) is 34.7. The molecule has 0 N–H and O–H groups in total. The third-order valence-corrected chi connectivity index (χ3v) is 31.0. The van der Waals surface area contributed by atoms with Crippen molar-refractivity contribution in [3.8, 4) is 82.5 Å². The highest BCUT2D eigenvalue weighted by Crippen LogP contribution is 2.52. The van der Waals surface area contributed by atoms with E-state index in [0.717, 1.165) is 211 Å². The molecule has 0 amide bonds. The van der Waals surface area contributed by atoms with E-state index < -0.39 is 35.5 Å². The van der Waals surface area contributed by atoms with Crippen LogP contribution in [-0.2, 0) is 67.0 Å². The Bertz CT molecular complexity index is 6040. The Labute approximate surface area is 842 Å². The van der Waals surface area contributed by atoms with E-state index in [1.165, 1.54) is 7.11 Å². The smallest absolute Gasteiger partial charge is 0.151 e. The van der Waals surface area contributed by atoms with Gasteiger partial charge in [0.25, 0.3) is 0 Å². The summed E-state index contributed by atoms with van der Waals surface area (Å²) in [5.41, 5.74) is 17.4. The lowest BCUT2D eigenvalue weighted by Gasteiger charge is -2.31. The lowest BCUT2D eigenvalue weighted by molar-refractivity contribution is -0.137. The number of hydrogen-bond acceptors (Lipinski definition) is 17. The topological polar surface area (TPSA) is 255 Å². The Morgan fingerprint density at radius 2 is 0.596 bits per heavy atom. The Morgan fingerprint density at radius 3 is 0.915 bits per heavy atom. The second kappa shape index (κ2) is 48.6. The van der Waals surface area contributed by atoms with Crippen molar-refractivity contribution < 1.29 is 76.5 Å². The van der Waals surface area contributed by atoms with Crippen molar-refractivity contribution in [3.05, 3.63) is 225 Å². The Morgan fingerprint density at radius 1 is 0.305 bits per heavy atom. The zero-order valence-corrected chi connectivity index (χ0v) is 85.6. The summed E-state index contributed by atoms with van der Waals surface area (Å²) in [6.07, 6.45) is 18.0. The molecular formula is C122H129Cl2NO16. The van der Waals surface area contributed by atoms with Crippen LogP contribution in [0.3, 0.4) is 0 Å². The number of methoxy groups -OCH3 is 2. The molecule has 6 aromatic carbocycles. The number of carbonyl (C=O) groups is 12. The fourth-order valence-corrected chi connectivity index (χ4v) is 24.6. The molecule has 9 saturated carbocycles. The lowest BCUT2D eigenvalue weighted by Crippen LogP contribution is -2.35. The number of pyridine rings is 1. The molecule has 6 atom stereocenters. The molecule has 141 heavy (non-hydrogen) atoms. The Balaban J connectivity index is 0.000000143. The number of halogens is 2. The van der Waals surface area contributed by atoms with Crippen molar-refractivity contribution in [1.29, 1.82) is 0 Å². The lowest BCUT2D eigenvalue weighted by atomic mass is 9.71. The summed E-state index contributed by atoms with van der Waals surface area (Å²) < 4.78 is 21.7. The molecule has 2 aliphatic heterocycles. The standard InChI is InChI=1S/2C23H28O3.C22H21NO2.C19H20O3.C18H17ClO3.C17H15ClO2/c2*1-4-5-18-10-15(2)22(16(3)11-18)23-20(24)13-19(14-21(23)25)12-17-6-8-26-9-7-17;1-4-7-16-10-14(2)21(15(3)11-16)22-19(24)12-17(13-20(22)25)18-8-5-6-9-23-18;1-4-5-12-8-11(2)16(15(9-12)22-3)17-18(20)13-6-7-14(10-13)19(17)21;1-3-4-10-7-13(19)15(14(8-10)22-2)16-17(20)11-5-6-12(9-11)18(16)21;1-2-3-10-4-7-13(14(18)8-10)15-16(19)11-5-6-12(9-11)17(15)20/h2*10-11,17,19,23H,6-9,12-14H2,1-3H3;5-6,8-11,17,22H,12-13H2,1-3H3;8-9,13-14,17H,6-7,10H2,1-3H3;7-8,11-12,16H,5-6,9H2,1-2H3;4,7-8,11-12,15H,5-6,9H2,1H3. The molecule has 7 aromatic rings. The number of ketones is 12. The van der Waals surface area contributed by atoms with Crippen molar-refractivity contribution in [1.82, 2.24) is 4.98 Å². The first-order chi connectivity index (χ1) is 67.7. The van der Waals surface area contributed by atoms with Gasteiger partial charge in [0.15, 0.2) is 34.7 Å². The third-order valence-electron chi connectivity index (χ3n) is 30.4. The first-order valence-corrected chi connectivity index (χ1v) is 50.7. The van der Waals surface area contributed by atoms with E-state index in [-0.39, 0.29) is 123 Å². The third kappa shape index (κ3) is 24.8. The number of ether oxygens (including phenoxy) is 4. The van der Waals surface area contributed by atoms with Crippen molar-refractivity contribution in [2.75, 3.05) is 40.6 Å². The maximum Gasteiger partial charge on any atom is 0.151 e. The molecule has 17 nitrogen and oxygen atoms in total. The number of aryl methyl sites for hydroxylation is 7. The van der Waals surface area contributed by atoms with Gasteiger partial charge >= 0.3 is 0 Å². The molecule has 11 fully saturated rings. The van der Waals surface area contributed by atoms with E-state index in [1.807, 2.05) is 135 Å². The maximum absolute atomic E-state index is 12.9. The van der Waals surface area contributed by atoms with E-state index >= 15 is 0 Å². The van der Waals surface area contributed by atoms with E-state index in [2.05, 4.69) is 76.0 Å². The van der Waals surface area contributed by atoms with Crippen LogP contribution in [0.4, 0.5) is 0 Å². The van der Waals surface area contributed by atoms with Gasteiger partial charge in [0.1, 0.15) is 81.7 Å². The molecule has 6 bridgehead atoms. The van der Waals surface area contributed by atoms with Gasteiger partial charge in [0.2, 0.25) is 0 Å². The molecule has 2 saturated heterocycles. The SMILES string of the molecule is CC#Cc1cc(C)c(C2C(=O)C3CCC(C3)C2=O)c(OC)c1.CC#Cc1cc(C)c(C2C(=O)CC(CC3CCOCC3)CC2=O)c(C)c1.CC#Cc1cc(C)c(C2C(=O)CC(CC3CCOCC3)CC2=O)c(C)c1.CC#Cc1cc(C)c(C2C(=O)CC(c3ccccn3)CC2=O)c(C)c1.CC#Cc1cc(Cl)c(C2C(=O)C3CCC(C3)C2=O)c(OC)c1.CC#Cc1ccc(C2C(=O)C3CCC(C3)C2=O)c(Cl)c1. The van der Waals surface area contributed by atoms with Crippen LogP contribution in [0, 0.1) is 179 Å². The van der Waals surface area contributed by atoms with E-state index in [4.69, 9.17) is 42.1 Å². The summed E-state index contributed by atoms with van der Waals surface area (Å²) in [6, 6.07) is 30.1. The molecule has 11 aliphatic rings. The highest BCUT2D eigenvalue weighted by molar-refractivity contribution is 6.33. The summed E-state index contributed by atoms with van der Waals surface area (Å²) in [5, 5.41) is 0.850. The van der Waals surface area contributed by atoms with Gasteiger partial charge in [-0.15, -0.1) is 35.5 Å². The summed E-state index contributed by atoms with van der Waals surface area (Å²) in [4.78, 5) is 157. The van der Waals surface area contributed by atoms with Crippen LogP contribution in [0.1, 0.15) is 329 Å². The summed E-state index contributed by atoms with van der Waals surface area (Å²) in [7, 11) is 3.10. The zero-order chi connectivity index (χ0) is 101. The second-order valence-electron chi connectivity index (χ2n) is 40.0.